The van der Waals surface area contributed by atoms with Crippen LogP contribution >= 0.6 is 0 Å². The number of benzene rings is 2. The van der Waals surface area contributed by atoms with Gasteiger partial charge in [0, 0.05) is 11.1 Å². The number of halogens is 2. The van der Waals surface area contributed by atoms with Gasteiger partial charge in [0.2, 0.25) is 0 Å². The van der Waals surface area contributed by atoms with Gasteiger partial charge in [-0.3, -0.25) is 0 Å². The van der Waals surface area contributed by atoms with Crippen LogP contribution in [0.1, 0.15) is 5.82 Å². The zero-order valence-corrected chi connectivity index (χ0v) is 13.9. The molecule has 1 heterocycles. The van der Waals surface area contributed by atoms with E-state index in [9.17, 15) is 8.78 Å². The van der Waals surface area contributed by atoms with Gasteiger partial charge in [0.1, 0.15) is 11.6 Å². The van der Waals surface area contributed by atoms with Gasteiger partial charge in [-0.1, -0.05) is 67.8 Å². The minimum absolute atomic E-state index is 0.0822. The Morgan fingerprint density at radius 3 is 2.08 bits per heavy atom. The van der Waals surface area contributed by atoms with Crippen LogP contribution in [0.3, 0.4) is 0 Å². The Morgan fingerprint density at radius 2 is 1.46 bits per heavy atom. The molecule has 3 aromatic rings. The molecule has 128 valence electrons. The van der Waals surface area contributed by atoms with Crippen molar-refractivity contribution in [1.82, 2.24) is 15.0 Å². The average Bonchev–Trinajstić information content (AvgIpc) is 2.66. The van der Waals surface area contributed by atoms with E-state index in [0.717, 1.165) is 12.1 Å². The monoisotopic (exact) mass is 347 g/mol. The molecule has 0 spiro atoms. The first-order chi connectivity index (χ1) is 12.6. The van der Waals surface area contributed by atoms with Crippen molar-refractivity contribution in [2.45, 2.75) is 0 Å². The van der Waals surface area contributed by atoms with E-state index < -0.39 is 11.6 Å². The predicted octanol–water partition coefficient (Wildman–Crippen LogP) is 5.24. The van der Waals surface area contributed by atoms with Crippen LogP contribution in [0.2, 0.25) is 0 Å². The van der Waals surface area contributed by atoms with Gasteiger partial charge in [-0.2, -0.15) is 0 Å². The fourth-order valence-corrected chi connectivity index (χ4v) is 2.41. The molecule has 3 nitrogen and oxygen atoms in total. The number of hydrogen-bond donors (Lipinski definition) is 0. The minimum atomic E-state index is -0.742. The van der Waals surface area contributed by atoms with Crippen molar-refractivity contribution in [3.8, 4) is 22.8 Å². The molecule has 26 heavy (non-hydrogen) atoms. The Hall–Kier alpha value is -3.47. The lowest BCUT2D eigenvalue weighted by Crippen LogP contribution is -2.04. The van der Waals surface area contributed by atoms with Crippen LogP contribution in [-0.2, 0) is 0 Å². The van der Waals surface area contributed by atoms with Crippen LogP contribution < -0.4 is 0 Å². The Bertz CT molecular complexity index is 975. The van der Waals surface area contributed by atoms with E-state index >= 15 is 0 Å². The van der Waals surface area contributed by atoms with E-state index in [4.69, 9.17) is 0 Å². The predicted molar refractivity (Wildman–Crippen MR) is 99.0 cm³/mol. The Kier molecular flexibility index (Phi) is 5.08. The van der Waals surface area contributed by atoms with Crippen molar-refractivity contribution < 1.29 is 8.78 Å². The first-order valence-corrected chi connectivity index (χ1v) is 7.85. The number of allylic oxidation sites excluding steroid dienone is 4. The zero-order valence-electron chi connectivity index (χ0n) is 13.9. The van der Waals surface area contributed by atoms with E-state index in [0.29, 0.717) is 17.0 Å². The van der Waals surface area contributed by atoms with Crippen LogP contribution in [-0.4, -0.2) is 15.0 Å². The molecule has 0 fully saturated rings. The van der Waals surface area contributed by atoms with E-state index in [1.165, 1.54) is 6.07 Å². The summed E-state index contributed by atoms with van der Waals surface area (Å²) >= 11 is 0. The number of aromatic nitrogens is 3. The van der Waals surface area contributed by atoms with Crippen LogP contribution in [0.15, 0.2) is 79.9 Å². The standard InChI is InChI=1S/C21H15F2N3/c1-3-9-14(4-2)19-24-20(15-10-6-5-7-11-15)26-21(25-19)18-16(22)12-8-13-17(18)23/h3-13H,1-2H2/b14-9+. The molecule has 0 aliphatic heterocycles. The molecule has 0 saturated heterocycles. The topological polar surface area (TPSA) is 38.7 Å². The van der Waals surface area contributed by atoms with Crippen LogP contribution in [0.25, 0.3) is 28.3 Å². The zero-order chi connectivity index (χ0) is 18.5. The number of rotatable bonds is 5. The molecule has 0 unspecified atom stereocenters. The van der Waals surface area contributed by atoms with Crippen molar-refractivity contribution >= 4 is 5.57 Å². The fraction of sp³-hybridized carbons (Fsp3) is 0. The fourth-order valence-electron chi connectivity index (χ4n) is 2.41. The summed E-state index contributed by atoms with van der Waals surface area (Å²) in [5.74, 6) is -0.999. The van der Waals surface area contributed by atoms with Crippen LogP contribution in [0, 0.1) is 11.6 Å². The molecular weight excluding hydrogens is 332 g/mol. The summed E-state index contributed by atoms with van der Waals surface area (Å²) in [6.07, 6.45) is 4.78. The first kappa shape index (κ1) is 17.4. The molecule has 0 radical (unpaired) electrons. The van der Waals surface area contributed by atoms with Gasteiger partial charge in [0.15, 0.2) is 17.5 Å². The highest BCUT2D eigenvalue weighted by Gasteiger charge is 2.18. The van der Waals surface area contributed by atoms with E-state index in [-0.39, 0.29) is 17.2 Å². The van der Waals surface area contributed by atoms with Gasteiger partial charge >= 0.3 is 0 Å². The Balaban J connectivity index is 2.29. The summed E-state index contributed by atoms with van der Waals surface area (Å²) < 4.78 is 28.5. The van der Waals surface area contributed by atoms with Crippen LogP contribution in [0.5, 0.6) is 0 Å². The Labute approximate surface area is 150 Å². The van der Waals surface area contributed by atoms with Crippen molar-refractivity contribution in [2.75, 3.05) is 0 Å². The smallest absolute Gasteiger partial charge is 0.170 e. The lowest BCUT2D eigenvalue weighted by molar-refractivity contribution is 0.587. The SMILES string of the molecule is C=C/C=C(\C=C)c1nc(-c2ccccc2)nc(-c2c(F)cccc2F)n1. The lowest BCUT2D eigenvalue weighted by atomic mass is 10.1. The third-order valence-electron chi connectivity index (χ3n) is 3.63. The second-order valence-corrected chi connectivity index (χ2v) is 5.33. The minimum Gasteiger partial charge on any atom is -0.208 e. The van der Waals surface area contributed by atoms with E-state index in [2.05, 4.69) is 28.1 Å². The second-order valence-electron chi connectivity index (χ2n) is 5.33. The highest BCUT2D eigenvalue weighted by molar-refractivity contribution is 5.73. The molecule has 0 aliphatic carbocycles. The van der Waals surface area contributed by atoms with E-state index in [1.807, 2.05) is 30.3 Å². The summed E-state index contributed by atoms with van der Waals surface area (Å²) in [7, 11) is 0. The molecule has 2 aromatic carbocycles. The van der Waals surface area contributed by atoms with Crippen molar-refractivity contribution in [1.29, 1.82) is 0 Å². The molecule has 0 N–H and O–H groups in total. The highest BCUT2D eigenvalue weighted by atomic mass is 19.1. The normalized spacial score (nSPS) is 11.2. The van der Waals surface area contributed by atoms with Gasteiger partial charge < -0.3 is 0 Å². The lowest BCUT2D eigenvalue weighted by Gasteiger charge is -2.09. The highest BCUT2D eigenvalue weighted by Crippen LogP contribution is 2.26. The first-order valence-electron chi connectivity index (χ1n) is 7.85. The van der Waals surface area contributed by atoms with Gasteiger partial charge in [-0.25, -0.2) is 23.7 Å². The maximum Gasteiger partial charge on any atom is 0.170 e. The summed E-state index contributed by atoms with van der Waals surface area (Å²) in [5.41, 5.74) is 0.976. The molecule has 1 aromatic heterocycles. The van der Waals surface area contributed by atoms with Crippen molar-refractivity contribution in [3.63, 3.8) is 0 Å². The average molecular weight is 347 g/mol. The molecule has 0 aliphatic rings. The summed E-state index contributed by atoms with van der Waals surface area (Å²) in [6, 6.07) is 12.8. The molecule has 0 amide bonds. The molecule has 3 rings (SSSR count). The molecule has 5 heteroatoms. The summed E-state index contributed by atoms with van der Waals surface area (Å²) in [4.78, 5) is 13.0. The van der Waals surface area contributed by atoms with E-state index in [1.54, 1.807) is 18.2 Å². The quantitative estimate of drug-likeness (QED) is 0.593. The maximum absolute atomic E-state index is 14.2. The third-order valence-corrected chi connectivity index (χ3v) is 3.63. The van der Waals surface area contributed by atoms with Crippen molar-refractivity contribution in [2.24, 2.45) is 0 Å². The van der Waals surface area contributed by atoms with Crippen LogP contribution in [0.4, 0.5) is 8.78 Å². The third kappa shape index (κ3) is 3.47. The number of hydrogen-bond acceptors (Lipinski definition) is 3. The van der Waals surface area contributed by atoms with Gasteiger partial charge in [-0.15, -0.1) is 0 Å². The van der Waals surface area contributed by atoms with Gasteiger partial charge in [-0.05, 0) is 12.1 Å². The molecule has 0 atom stereocenters. The molecule has 0 bridgehead atoms. The van der Waals surface area contributed by atoms with Crippen molar-refractivity contribution in [3.05, 3.63) is 97.4 Å². The second kappa shape index (κ2) is 7.61. The molecular formula is C21H15F2N3. The Morgan fingerprint density at radius 1 is 0.808 bits per heavy atom. The van der Waals surface area contributed by atoms with Gasteiger partial charge in [0.05, 0.1) is 5.56 Å². The largest absolute Gasteiger partial charge is 0.208 e. The summed E-state index contributed by atoms with van der Waals surface area (Å²) in [5, 5.41) is 0. The molecule has 0 saturated carbocycles. The van der Waals surface area contributed by atoms with Gasteiger partial charge in [0.25, 0.3) is 0 Å². The maximum atomic E-state index is 14.2. The number of nitrogens with zero attached hydrogens (tertiary/aromatic N) is 3. The summed E-state index contributed by atoms with van der Waals surface area (Å²) in [6.45, 7) is 7.38.